The summed E-state index contributed by atoms with van der Waals surface area (Å²) in [5, 5.41) is 9.13. The monoisotopic (exact) mass is 307 g/mol. The number of sulfonamides is 1. The first-order valence-electron chi connectivity index (χ1n) is 6.72. The highest BCUT2D eigenvalue weighted by molar-refractivity contribution is 7.89. The molecular weight excluding hydrogens is 286 g/mol. The van der Waals surface area contributed by atoms with E-state index in [9.17, 15) is 8.42 Å². The fraction of sp³-hybridized carbons (Fsp3) is 0.375. The van der Waals surface area contributed by atoms with Gasteiger partial charge in [-0.3, -0.25) is 0 Å². The van der Waals surface area contributed by atoms with Gasteiger partial charge in [0.1, 0.15) is 6.10 Å². The quantitative estimate of drug-likeness (QED) is 0.645. The van der Waals surface area contributed by atoms with Crippen LogP contribution in [0.1, 0.15) is 18.9 Å². The second-order valence-electron chi connectivity index (χ2n) is 4.73. The third-order valence-electron chi connectivity index (χ3n) is 2.81. The standard InChI is InChI=1S/C16H21NO3S/c1-4-5-12-17(13-6-7-15(3)18)21(19,20)16-10-8-14(2)9-11-16/h4,8-11,15,18H,1,5,12-13H2,2-3H3. The van der Waals surface area contributed by atoms with E-state index in [1.807, 2.05) is 6.92 Å². The van der Waals surface area contributed by atoms with Gasteiger partial charge in [0.2, 0.25) is 10.0 Å². The number of nitrogens with zero attached hydrogens (tertiary/aromatic N) is 1. The van der Waals surface area contributed by atoms with Crippen LogP contribution >= 0.6 is 0 Å². The van der Waals surface area contributed by atoms with Crippen molar-refractivity contribution < 1.29 is 13.5 Å². The van der Waals surface area contributed by atoms with Crippen LogP contribution in [0.4, 0.5) is 0 Å². The molecule has 5 heteroatoms. The van der Waals surface area contributed by atoms with Gasteiger partial charge in [-0.1, -0.05) is 35.6 Å². The smallest absolute Gasteiger partial charge is 0.243 e. The fourth-order valence-electron chi connectivity index (χ4n) is 1.66. The first-order chi connectivity index (χ1) is 9.87. The highest BCUT2D eigenvalue weighted by Crippen LogP contribution is 2.16. The first kappa shape index (κ1) is 17.4. The molecule has 1 unspecified atom stereocenters. The topological polar surface area (TPSA) is 57.6 Å². The Morgan fingerprint density at radius 2 is 2.00 bits per heavy atom. The van der Waals surface area contributed by atoms with Crippen molar-refractivity contribution in [3.05, 3.63) is 42.5 Å². The zero-order chi connectivity index (χ0) is 15.9. The number of benzene rings is 1. The van der Waals surface area contributed by atoms with Crippen molar-refractivity contribution in [1.82, 2.24) is 4.31 Å². The van der Waals surface area contributed by atoms with Crippen molar-refractivity contribution in [2.75, 3.05) is 13.1 Å². The Balaban J connectivity index is 3.02. The van der Waals surface area contributed by atoms with E-state index in [1.165, 1.54) is 11.2 Å². The van der Waals surface area contributed by atoms with Crippen molar-refractivity contribution in [3.8, 4) is 11.8 Å². The maximum atomic E-state index is 12.6. The number of rotatable bonds is 6. The normalized spacial score (nSPS) is 12.6. The molecule has 1 rings (SSSR count). The lowest BCUT2D eigenvalue weighted by molar-refractivity contribution is 0.253. The number of aliphatic hydroxyl groups is 1. The minimum absolute atomic E-state index is 0.0505. The summed E-state index contributed by atoms with van der Waals surface area (Å²) >= 11 is 0. The molecule has 0 amide bonds. The molecule has 0 saturated heterocycles. The molecule has 0 aliphatic carbocycles. The van der Waals surface area contributed by atoms with Gasteiger partial charge in [-0.2, -0.15) is 4.31 Å². The summed E-state index contributed by atoms with van der Waals surface area (Å²) in [5.74, 6) is 5.25. The van der Waals surface area contributed by atoms with Gasteiger partial charge in [0.15, 0.2) is 0 Å². The molecule has 0 bridgehead atoms. The van der Waals surface area contributed by atoms with Gasteiger partial charge in [-0.05, 0) is 32.4 Å². The zero-order valence-corrected chi connectivity index (χ0v) is 13.2. The molecule has 0 spiro atoms. The van der Waals surface area contributed by atoms with E-state index in [4.69, 9.17) is 5.11 Å². The van der Waals surface area contributed by atoms with E-state index in [0.29, 0.717) is 13.0 Å². The number of aryl methyl sites for hydroxylation is 1. The third kappa shape index (κ3) is 5.35. The third-order valence-corrected chi connectivity index (χ3v) is 4.67. The minimum atomic E-state index is -3.59. The lowest BCUT2D eigenvalue weighted by Gasteiger charge is -2.19. The van der Waals surface area contributed by atoms with Crippen LogP contribution in [0, 0.1) is 18.8 Å². The van der Waals surface area contributed by atoms with Crippen LogP contribution in [0.5, 0.6) is 0 Å². The summed E-state index contributed by atoms with van der Waals surface area (Å²) in [5.41, 5.74) is 1.00. The summed E-state index contributed by atoms with van der Waals surface area (Å²) in [6.07, 6.45) is 1.44. The van der Waals surface area contributed by atoms with Crippen LogP contribution in [-0.4, -0.2) is 37.0 Å². The van der Waals surface area contributed by atoms with E-state index < -0.39 is 16.1 Å². The molecule has 0 saturated carbocycles. The zero-order valence-electron chi connectivity index (χ0n) is 12.4. The second-order valence-corrected chi connectivity index (χ2v) is 6.66. The van der Waals surface area contributed by atoms with Gasteiger partial charge in [-0.25, -0.2) is 8.42 Å². The van der Waals surface area contributed by atoms with E-state index in [1.54, 1.807) is 30.3 Å². The molecule has 21 heavy (non-hydrogen) atoms. The number of aliphatic hydroxyl groups excluding tert-OH is 1. The van der Waals surface area contributed by atoms with Gasteiger partial charge in [-0.15, -0.1) is 6.58 Å². The fourth-order valence-corrected chi connectivity index (χ4v) is 3.02. The highest BCUT2D eigenvalue weighted by atomic mass is 32.2. The number of hydrogen-bond acceptors (Lipinski definition) is 3. The van der Waals surface area contributed by atoms with Crippen LogP contribution in [0.25, 0.3) is 0 Å². The molecule has 4 nitrogen and oxygen atoms in total. The summed E-state index contributed by atoms with van der Waals surface area (Å²) in [6.45, 7) is 7.41. The van der Waals surface area contributed by atoms with Crippen LogP contribution in [0.3, 0.4) is 0 Å². The first-order valence-corrected chi connectivity index (χ1v) is 8.16. The predicted octanol–water partition coefficient (Wildman–Crippen LogP) is 1.95. The van der Waals surface area contributed by atoms with E-state index in [0.717, 1.165) is 5.56 Å². The van der Waals surface area contributed by atoms with Gasteiger partial charge in [0, 0.05) is 6.54 Å². The molecule has 0 radical (unpaired) electrons. The molecule has 1 N–H and O–H groups in total. The Morgan fingerprint density at radius 3 is 2.52 bits per heavy atom. The molecule has 114 valence electrons. The Bertz CT molecular complexity index is 622. The Hall–Kier alpha value is -1.61. The summed E-state index contributed by atoms with van der Waals surface area (Å²) < 4.78 is 26.5. The molecule has 1 aromatic carbocycles. The molecule has 0 fully saturated rings. The average Bonchev–Trinajstić information content (AvgIpc) is 2.42. The average molecular weight is 307 g/mol. The van der Waals surface area contributed by atoms with Crippen molar-refractivity contribution in [3.63, 3.8) is 0 Å². The minimum Gasteiger partial charge on any atom is -0.381 e. The summed E-state index contributed by atoms with van der Waals surface area (Å²) in [4.78, 5) is 0.246. The lowest BCUT2D eigenvalue weighted by Crippen LogP contribution is -2.32. The van der Waals surface area contributed by atoms with Crippen LogP contribution in [0.15, 0.2) is 41.8 Å². The molecule has 0 aliphatic heterocycles. The molecule has 0 aliphatic rings. The molecular formula is C16H21NO3S. The van der Waals surface area contributed by atoms with Crippen molar-refractivity contribution >= 4 is 10.0 Å². The second kappa shape index (κ2) is 7.99. The van der Waals surface area contributed by atoms with Crippen LogP contribution < -0.4 is 0 Å². The Kier molecular flexibility index (Phi) is 6.63. The SMILES string of the molecule is C=CCCN(CC#CC(C)O)S(=O)(=O)c1ccc(C)cc1. The van der Waals surface area contributed by atoms with Gasteiger partial charge in [0.25, 0.3) is 0 Å². The maximum absolute atomic E-state index is 12.6. The number of hydrogen-bond donors (Lipinski definition) is 1. The molecule has 0 aromatic heterocycles. The van der Waals surface area contributed by atoms with Crippen LogP contribution in [-0.2, 0) is 10.0 Å². The van der Waals surface area contributed by atoms with E-state index in [2.05, 4.69) is 18.4 Å². The van der Waals surface area contributed by atoms with Crippen molar-refractivity contribution in [1.29, 1.82) is 0 Å². The molecule has 1 atom stereocenters. The van der Waals surface area contributed by atoms with Gasteiger partial charge >= 0.3 is 0 Å². The molecule has 0 heterocycles. The van der Waals surface area contributed by atoms with Gasteiger partial charge < -0.3 is 5.11 Å². The largest absolute Gasteiger partial charge is 0.381 e. The lowest BCUT2D eigenvalue weighted by atomic mass is 10.2. The van der Waals surface area contributed by atoms with E-state index >= 15 is 0 Å². The van der Waals surface area contributed by atoms with Crippen LogP contribution in [0.2, 0.25) is 0 Å². The maximum Gasteiger partial charge on any atom is 0.243 e. The van der Waals surface area contributed by atoms with Gasteiger partial charge in [0.05, 0.1) is 11.4 Å². The summed E-state index contributed by atoms with van der Waals surface area (Å²) in [7, 11) is -3.59. The highest BCUT2D eigenvalue weighted by Gasteiger charge is 2.22. The van der Waals surface area contributed by atoms with Crippen molar-refractivity contribution in [2.45, 2.75) is 31.3 Å². The Morgan fingerprint density at radius 1 is 1.38 bits per heavy atom. The summed E-state index contributed by atoms with van der Waals surface area (Å²) in [6, 6.07) is 6.71. The van der Waals surface area contributed by atoms with Crippen molar-refractivity contribution in [2.24, 2.45) is 0 Å². The Labute approximate surface area is 127 Å². The predicted molar refractivity (Wildman–Crippen MR) is 84.2 cm³/mol. The molecule has 1 aromatic rings. The van der Waals surface area contributed by atoms with E-state index in [-0.39, 0.29) is 11.4 Å².